The minimum absolute atomic E-state index is 0.245. The zero-order valence-electron chi connectivity index (χ0n) is 16.9. The number of rotatable bonds is 6. The first-order valence-corrected chi connectivity index (χ1v) is 11.4. The number of hydrogen-bond acceptors (Lipinski definition) is 3. The van der Waals surface area contributed by atoms with E-state index in [0.29, 0.717) is 16.2 Å². The summed E-state index contributed by atoms with van der Waals surface area (Å²) in [6, 6.07) is 11.8. The van der Waals surface area contributed by atoms with Gasteiger partial charge in [0.15, 0.2) is 0 Å². The van der Waals surface area contributed by atoms with E-state index in [4.69, 9.17) is 21.8 Å². The molecule has 1 aliphatic rings. The molecule has 1 aliphatic carbocycles. The summed E-state index contributed by atoms with van der Waals surface area (Å²) in [4.78, 5) is 12.0. The average molecular weight is 433 g/mol. The molecule has 1 heterocycles. The van der Waals surface area contributed by atoms with E-state index in [-0.39, 0.29) is 6.61 Å². The van der Waals surface area contributed by atoms with Crippen LogP contribution in [0, 0.1) is 17.8 Å². The van der Waals surface area contributed by atoms with Gasteiger partial charge in [-0.05, 0) is 68.4 Å². The van der Waals surface area contributed by atoms with Gasteiger partial charge in [-0.2, -0.15) is 0 Å². The van der Waals surface area contributed by atoms with Gasteiger partial charge < -0.3 is 10.2 Å². The minimum atomic E-state index is -0.822. The number of aryl methyl sites for hydroxylation is 2. The van der Waals surface area contributed by atoms with Crippen LogP contribution in [-0.4, -0.2) is 28.2 Å². The molecule has 1 fully saturated rings. The highest BCUT2D eigenvalue weighted by Crippen LogP contribution is 2.28. The van der Waals surface area contributed by atoms with Crippen molar-refractivity contribution in [2.45, 2.75) is 57.2 Å². The third-order valence-corrected chi connectivity index (χ3v) is 6.24. The minimum Gasteiger partial charge on any atom is -0.477 e. The lowest BCUT2D eigenvalue weighted by molar-refractivity contribution is 0.0702. The SMILES string of the molecule is CCCc1ccc(C(=O)O)s1.OCCCc1cccc(C#CC2CCC(Cl)C2)c1. The number of aliphatic hydroxyl groups is 1. The van der Waals surface area contributed by atoms with Gasteiger partial charge in [0.25, 0.3) is 0 Å². The van der Waals surface area contributed by atoms with Crippen LogP contribution in [0.1, 0.15) is 64.7 Å². The van der Waals surface area contributed by atoms with E-state index in [2.05, 4.69) is 30.9 Å². The quantitative estimate of drug-likeness (QED) is 0.450. The summed E-state index contributed by atoms with van der Waals surface area (Å²) in [6.07, 6.45) is 7.03. The molecule has 0 saturated heterocycles. The lowest BCUT2D eigenvalue weighted by Gasteiger charge is -2.00. The van der Waals surface area contributed by atoms with Crippen LogP contribution in [0.2, 0.25) is 0 Å². The van der Waals surface area contributed by atoms with Crippen molar-refractivity contribution in [3.63, 3.8) is 0 Å². The molecule has 0 spiro atoms. The van der Waals surface area contributed by atoms with Gasteiger partial charge in [0.05, 0.1) is 0 Å². The van der Waals surface area contributed by atoms with Gasteiger partial charge in [-0.1, -0.05) is 37.3 Å². The third-order valence-electron chi connectivity index (χ3n) is 4.71. The van der Waals surface area contributed by atoms with Crippen molar-refractivity contribution in [1.82, 2.24) is 0 Å². The fraction of sp³-hybridized carbons (Fsp3) is 0.458. The standard InChI is InChI=1S/C16H19ClO.C8H10O2S/c17-16-9-8-15(12-16)7-6-14-4-1-3-13(11-14)5-2-10-18;1-2-3-6-4-5-7(11-6)8(9)10/h1,3-4,11,15-16,18H,2,5,8-10,12H2;4-5H,2-3H2,1H3,(H,9,10). The summed E-state index contributed by atoms with van der Waals surface area (Å²) in [6.45, 7) is 2.33. The molecular formula is C24H29ClO3S. The molecule has 2 atom stereocenters. The topological polar surface area (TPSA) is 57.5 Å². The Morgan fingerprint density at radius 3 is 2.69 bits per heavy atom. The van der Waals surface area contributed by atoms with Gasteiger partial charge in [-0.3, -0.25) is 0 Å². The zero-order valence-corrected chi connectivity index (χ0v) is 18.4. The monoisotopic (exact) mass is 432 g/mol. The van der Waals surface area contributed by atoms with Crippen molar-refractivity contribution >= 4 is 28.9 Å². The molecule has 0 amide bonds. The van der Waals surface area contributed by atoms with Crippen molar-refractivity contribution in [1.29, 1.82) is 0 Å². The predicted octanol–water partition coefficient (Wildman–Crippen LogP) is 5.77. The fourth-order valence-corrected chi connectivity index (χ4v) is 4.49. The summed E-state index contributed by atoms with van der Waals surface area (Å²) >= 11 is 7.45. The molecule has 1 saturated carbocycles. The first-order chi connectivity index (χ1) is 14.0. The Morgan fingerprint density at radius 1 is 1.24 bits per heavy atom. The second-order valence-electron chi connectivity index (χ2n) is 7.23. The van der Waals surface area contributed by atoms with Crippen LogP contribution in [0.5, 0.6) is 0 Å². The average Bonchev–Trinajstić information content (AvgIpc) is 3.35. The maximum Gasteiger partial charge on any atom is 0.345 e. The van der Waals surface area contributed by atoms with Crippen LogP contribution >= 0.6 is 22.9 Å². The molecular weight excluding hydrogens is 404 g/mol. The van der Waals surface area contributed by atoms with E-state index in [9.17, 15) is 4.79 Å². The van der Waals surface area contributed by atoms with E-state index in [1.165, 1.54) is 16.9 Å². The molecule has 2 aromatic rings. The Bertz CT molecular complexity index is 834. The second kappa shape index (κ2) is 12.7. The molecule has 2 unspecified atom stereocenters. The van der Waals surface area contributed by atoms with Crippen LogP contribution in [0.3, 0.4) is 0 Å². The Kier molecular flexibility index (Phi) is 10.3. The first-order valence-electron chi connectivity index (χ1n) is 10.2. The Labute approximate surface area is 182 Å². The molecule has 3 nitrogen and oxygen atoms in total. The van der Waals surface area contributed by atoms with Crippen LogP contribution in [0.15, 0.2) is 36.4 Å². The molecule has 5 heteroatoms. The molecule has 0 bridgehead atoms. The Balaban J connectivity index is 0.000000234. The number of carboxylic acid groups (broad SMARTS) is 1. The lowest BCUT2D eigenvalue weighted by Crippen LogP contribution is -1.92. The number of aromatic carboxylic acids is 1. The van der Waals surface area contributed by atoms with Gasteiger partial charge in [0.2, 0.25) is 0 Å². The summed E-state index contributed by atoms with van der Waals surface area (Å²) in [5, 5.41) is 17.7. The van der Waals surface area contributed by atoms with Gasteiger partial charge in [0, 0.05) is 28.3 Å². The molecule has 3 rings (SSSR count). The van der Waals surface area contributed by atoms with Crippen LogP contribution in [0.4, 0.5) is 0 Å². The second-order valence-corrected chi connectivity index (χ2v) is 9.01. The molecule has 1 aromatic heterocycles. The normalized spacial score (nSPS) is 17.8. The highest BCUT2D eigenvalue weighted by Gasteiger charge is 2.20. The molecule has 156 valence electrons. The fourth-order valence-electron chi connectivity index (χ4n) is 3.20. The smallest absolute Gasteiger partial charge is 0.345 e. The zero-order chi connectivity index (χ0) is 21.1. The maximum absolute atomic E-state index is 10.4. The van der Waals surface area contributed by atoms with Crippen molar-refractivity contribution in [3.05, 3.63) is 57.3 Å². The number of carbonyl (C=O) groups is 1. The molecule has 0 aliphatic heterocycles. The van der Waals surface area contributed by atoms with Crippen LogP contribution in [-0.2, 0) is 12.8 Å². The maximum atomic E-state index is 10.4. The van der Waals surface area contributed by atoms with Crippen molar-refractivity contribution < 1.29 is 15.0 Å². The van der Waals surface area contributed by atoms with E-state index in [1.54, 1.807) is 6.07 Å². The molecule has 0 radical (unpaired) electrons. The Morgan fingerprint density at radius 2 is 2.07 bits per heavy atom. The van der Waals surface area contributed by atoms with Crippen molar-refractivity contribution in [2.75, 3.05) is 6.61 Å². The summed E-state index contributed by atoms with van der Waals surface area (Å²) in [5.41, 5.74) is 2.32. The highest BCUT2D eigenvalue weighted by atomic mass is 35.5. The molecule has 1 aromatic carbocycles. The van der Waals surface area contributed by atoms with Crippen molar-refractivity contribution in [2.24, 2.45) is 5.92 Å². The number of aliphatic hydroxyl groups excluding tert-OH is 1. The molecule has 2 N–H and O–H groups in total. The summed E-state index contributed by atoms with van der Waals surface area (Å²) in [5.74, 6) is 6.22. The Hall–Kier alpha value is -1.80. The van der Waals surface area contributed by atoms with Gasteiger partial charge in [-0.15, -0.1) is 22.9 Å². The first kappa shape index (κ1) is 23.5. The van der Waals surface area contributed by atoms with E-state index in [1.807, 2.05) is 18.2 Å². The third kappa shape index (κ3) is 8.62. The van der Waals surface area contributed by atoms with E-state index >= 15 is 0 Å². The van der Waals surface area contributed by atoms with E-state index < -0.39 is 5.97 Å². The van der Waals surface area contributed by atoms with Gasteiger partial charge in [-0.25, -0.2) is 4.79 Å². The number of benzene rings is 1. The lowest BCUT2D eigenvalue weighted by atomic mass is 10.1. The van der Waals surface area contributed by atoms with E-state index in [0.717, 1.165) is 55.4 Å². The summed E-state index contributed by atoms with van der Waals surface area (Å²) < 4.78 is 0. The molecule has 29 heavy (non-hydrogen) atoms. The van der Waals surface area contributed by atoms with Gasteiger partial charge in [0.1, 0.15) is 4.88 Å². The number of hydrogen-bond donors (Lipinski definition) is 2. The van der Waals surface area contributed by atoms with Gasteiger partial charge >= 0.3 is 5.97 Å². The van der Waals surface area contributed by atoms with Crippen LogP contribution in [0.25, 0.3) is 0 Å². The highest BCUT2D eigenvalue weighted by molar-refractivity contribution is 7.13. The number of thiophene rings is 1. The largest absolute Gasteiger partial charge is 0.477 e. The predicted molar refractivity (Wildman–Crippen MR) is 121 cm³/mol. The van der Waals surface area contributed by atoms with Crippen molar-refractivity contribution in [3.8, 4) is 11.8 Å². The number of carboxylic acids is 1. The number of halogens is 1. The number of alkyl halides is 1. The summed E-state index contributed by atoms with van der Waals surface area (Å²) in [7, 11) is 0. The van der Waals surface area contributed by atoms with Crippen LogP contribution < -0.4 is 0 Å².